The van der Waals surface area contributed by atoms with Gasteiger partial charge in [0.2, 0.25) is 0 Å². The summed E-state index contributed by atoms with van der Waals surface area (Å²) in [6, 6.07) is 0. The number of hydrogen-bond acceptors (Lipinski definition) is 4. The van der Waals surface area contributed by atoms with Crippen molar-refractivity contribution in [2.24, 2.45) is 0 Å². The van der Waals surface area contributed by atoms with E-state index in [0.29, 0.717) is 6.79 Å². The highest BCUT2D eigenvalue weighted by Crippen LogP contribution is 1.86. The molecule has 0 aromatic heterocycles. The molecular weight excluding hydrogens is 148 g/mol. The van der Waals surface area contributed by atoms with E-state index < -0.39 is 0 Å². The summed E-state index contributed by atoms with van der Waals surface area (Å²) >= 11 is 0. The molecular formula is C7H14O4. The highest BCUT2D eigenvalue weighted by molar-refractivity contribution is 4.37. The van der Waals surface area contributed by atoms with Crippen LogP contribution in [0.2, 0.25) is 0 Å². The van der Waals surface area contributed by atoms with Gasteiger partial charge in [-0.3, -0.25) is 0 Å². The summed E-state index contributed by atoms with van der Waals surface area (Å²) in [5.74, 6) is 0. The quantitative estimate of drug-likeness (QED) is 0.503. The molecule has 2 saturated heterocycles. The highest BCUT2D eigenvalue weighted by atomic mass is 16.7. The Labute approximate surface area is 66.4 Å². The van der Waals surface area contributed by atoms with Crippen molar-refractivity contribution in [1.82, 2.24) is 0 Å². The van der Waals surface area contributed by atoms with Gasteiger partial charge in [-0.2, -0.15) is 0 Å². The Morgan fingerprint density at radius 1 is 0.455 bits per heavy atom. The second-order valence-electron chi connectivity index (χ2n) is 2.16. The van der Waals surface area contributed by atoms with E-state index in [2.05, 4.69) is 0 Å². The van der Waals surface area contributed by atoms with Crippen molar-refractivity contribution >= 4 is 0 Å². The molecule has 11 heavy (non-hydrogen) atoms. The van der Waals surface area contributed by atoms with E-state index in [-0.39, 0.29) is 0 Å². The first kappa shape index (κ1) is 8.93. The minimum Gasteiger partial charge on any atom is -0.377 e. The molecule has 0 saturated carbocycles. The van der Waals surface area contributed by atoms with Crippen molar-refractivity contribution in [2.45, 2.75) is 0 Å². The molecule has 66 valence electrons. The number of hydrogen-bond donors (Lipinski definition) is 0. The van der Waals surface area contributed by atoms with Crippen LogP contribution in [0.3, 0.4) is 0 Å². The van der Waals surface area contributed by atoms with Crippen molar-refractivity contribution in [1.29, 1.82) is 0 Å². The van der Waals surface area contributed by atoms with Crippen molar-refractivity contribution in [3.63, 3.8) is 0 Å². The average molecular weight is 162 g/mol. The van der Waals surface area contributed by atoms with Crippen LogP contribution in [-0.4, -0.2) is 46.4 Å². The van der Waals surface area contributed by atoms with Crippen molar-refractivity contribution in [3.8, 4) is 0 Å². The van der Waals surface area contributed by atoms with Gasteiger partial charge in [-0.1, -0.05) is 0 Å². The first-order chi connectivity index (χ1) is 5.50. The fourth-order valence-corrected chi connectivity index (χ4v) is 0.734. The zero-order valence-electron chi connectivity index (χ0n) is 6.58. The largest absolute Gasteiger partial charge is 0.377 e. The number of ether oxygens (including phenoxy) is 4. The standard InChI is InChI=1S/C4H8O2.C3H6O2/c1-2-6-4-3-5-1;1-2-5-3-4-1/h1-4H2;1-3H2. The Bertz CT molecular complexity index is 59.4. The van der Waals surface area contributed by atoms with Crippen LogP contribution in [0, 0.1) is 0 Å². The molecule has 0 spiro atoms. The summed E-state index contributed by atoms with van der Waals surface area (Å²) < 4.78 is 19.3. The maximum absolute atomic E-state index is 4.94. The molecule has 0 unspecified atom stereocenters. The van der Waals surface area contributed by atoms with Gasteiger partial charge >= 0.3 is 0 Å². The lowest BCUT2D eigenvalue weighted by Gasteiger charge is -2.09. The predicted molar refractivity (Wildman–Crippen MR) is 38.4 cm³/mol. The zero-order valence-corrected chi connectivity index (χ0v) is 6.58. The van der Waals surface area contributed by atoms with Gasteiger partial charge in [-0.05, 0) is 0 Å². The van der Waals surface area contributed by atoms with Crippen molar-refractivity contribution in [2.75, 3.05) is 46.4 Å². The third-order valence-corrected chi connectivity index (χ3v) is 1.28. The molecule has 2 heterocycles. The van der Waals surface area contributed by atoms with Crippen LogP contribution < -0.4 is 0 Å². The minimum atomic E-state index is 0.500. The molecule has 2 aliphatic rings. The third-order valence-electron chi connectivity index (χ3n) is 1.28. The van der Waals surface area contributed by atoms with E-state index in [0.717, 1.165) is 39.6 Å². The monoisotopic (exact) mass is 162 g/mol. The summed E-state index contributed by atoms with van der Waals surface area (Å²) in [5, 5.41) is 0. The Balaban J connectivity index is 0.000000112. The second kappa shape index (κ2) is 6.54. The van der Waals surface area contributed by atoms with E-state index in [4.69, 9.17) is 18.9 Å². The Morgan fingerprint density at radius 2 is 0.818 bits per heavy atom. The molecule has 2 aliphatic heterocycles. The fraction of sp³-hybridized carbons (Fsp3) is 1.00. The lowest BCUT2D eigenvalue weighted by Crippen LogP contribution is -2.16. The minimum absolute atomic E-state index is 0.500. The summed E-state index contributed by atoms with van der Waals surface area (Å²) in [5.41, 5.74) is 0. The summed E-state index contributed by atoms with van der Waals surface area (Å²) in [4.78, 5) is 0. The molecule has 0 atom stereocenters. The van der Waals surface area contributed by atoms with Crippen LogP contribution >= 0.6 is 0 Å². The molecule has 0 aromatic carbocycles. The highest BCUT2D eigenvalue weighted by Gasteiger charge is 1.94. The smallest absolute Gasteiger partial charge is 0.146 e. The van der Waals surface area contributed by atoms with Gasteiger partial charge in [-0.15, -0.1) is 0 Å². The van der Waals surface area contributed by atoms with Gasteiger partial charge in [0.25, 0.3) is 0 Å². The third kappa shape index (κ3) is 5.15. The summed E-state index contributed by atoms with van der Waals surface area (Å²) in [6.45, 7) is 5.17. The maximum atomic E-state index is 4.94. The molecule has 0 radical (unpaired) electrons. The molecule has 4 heteroatoms. The number of rotatable bonds is 0. The molecule has 2 rings (SSSR count). The first-order valence-electron chi connectivity index (χ1n) is 3.81. The predicted octanol–water partition coefficient (Wildman–Crippen LogP) is 0.0239. The maximum Gasteiger partial charge on any atom is 0.146 e. The van der Waals surface area contributed by atoms with Gasteiger partial charge in [0.1, 0.15) is 6.79 Å². The molecule has 4 nitrogen and oxygen atoms in total. The summed E-state index contributed by atoms with van der Waals surface area (Å²) in [7, 11) is 0. The molecule has 0 aliphatic carbocycles. The Kier molecular flexibility index (Phi) is 5.31. The normalized spacial score (nSPS) is 24.0. The van der Waals surface area contributed by atoms with E-state index in [1.165, 1.54) is 0 Å². The lowest BCUT2D eigenvalue weighted by molar-refractivity contribution is -0.0334. The molecule has 0 aromatic rings. The van der Waals surface area contributed by atoms with E-state index in [1.807, 2.05) is 0 Å². The first-order valence-corrected chi connectivity index (χ1v) is 3.81. The van der Waals surface area contributed by atoms with Crippen LogP contribution in [0.5, 0.6) is 0 Å². The van der Waals surface area contributed by atoms with Gasteiger partial charge in [0.05, 0.1) is 39.6 Å². The van der Waals surface area contributed by atoms with Crippen molar-refractivity contribution < 1.29 is 18.9 Å². The Morgan fingerprint density at radius 3 is 1.00 bits per heavy atom. The van der Waals surface area contributed by atoms with Gasteiger partial charge in [-0.25, -0.2) is 0 Å². The molecule has 2 fully saturated rings. The van der Waals surface area contributed by atoms with Gasteiger partial charge in [0, 0.05) is 0 Å². The van der Waals surface area contributed by atoms with E-state index in [1.54, 1.807) is 0 Å². The van der Waals surface area contributed by atoms with Crippen molar-refractivity contribution in [3.05, 3.63) is 0 Å². The van der Waals surface area contributed by atoms with Crippen LogP contribution in [0.4, 0.5) is 0 Å². The Hall–Kier alpha value is -0.160. The van der Waals surface area contributed by atoms with Crippen LogP contribution in [0.25, 0.3) is 0 Å². The zero-order chi connectivity index (χ0) is 7.78. The SMILES string of the molecule is C1COCCO1.C1COCO1. The molecule has 0 amide bonds. The topological polar surface area (TPSA) is 36.9 Å². The van der Waals surface area contributed by atoms with Crippen LogP contribution in [-0.2, 0) is 18.9 Å². The van der Waals surface area contributed by atoms with Crippen LogP contribution in [0.15, 0.2) is 0 Å². The molecule has 0 bridgehead atoms. The van der Waals surface area contributed by atoms with Gasteiger partial charge < -0.3 is 18.9 Å². The average Bonchev–Trinajstić information content (AvgIpc) is 2.64. The van der Waals surface area contributed by atoms with Crippen LogP contribution in [0.1, 0.15) is 0 Å². The fourth-order valence-electron chi connectivity index (χ4n) is 0.734. The summed E-state index contributed by atoms with van der Waals surface area (Å²) in [6.07, 6.45) is 0. The van der Waals surface area contributed by atoms with E-state index in [9.17, 15) is 0 Å². The lowest BCUT2D eigenvalue weighted by atomic mass is 10.6. The molecule has 0 N–H and O–H groups in total. The van der Waals surface area contributed by atoms with Gasteiger partial charge in [0.15, 0.2) is 0 Å². The second-order valence-corrected chi connectivity index (χ2v) is 2.16. The van der Waals surface area contributed by atoms with E-state index >= 15 is 0 Å².